The van der Waals surface area contributed by atoms with Gasteiger partial charge in [0, 0.05) is 19.6 Å². The van der Waals surface area contributed by atoms with Crippen LogP contribution in [0.4, 0.5) is 0 Å². The first-order valence-electron chi connectivity index (χ1n) is 9.59. The third-order valence-corrected chi connectivity index (χ3v) is 5.08. The second-order valence-electron chi connectivity index (χ2n) is 6.99. The highest BCUT2D eigenvalue weighted by atomic mass is 16.2. The van der Waals surface area contributed by atoms with Crippen LogP contribution in [0.2, 0.25) is 0 Å². The lowest BCUT2D eigenvalue weighted by molar-refractivity contribution is 0.0756. The van der Waals surface area contributed by atoms with Crippen molar-refractivity contribution in [2.75, 3.05) is 32.7 Å². The number of carbonyl (C=O) groups excluding carboxylic acids is 2. The smallest absolute Gasteiger partial charge is 0.254 e. The van der Waals surface area contributed by atoms with Gasteiger partial charge in [-0.2, -0.15) is 0 Å². The van der Waals surface area contributed by atoms with E-state index in [2.05, 4.69) is 29.2 Å². The molecule has 3 rings (SSSR count). The molecular formula is C22H27N3O2. The number of rotatable bonds is 6. The van der Waals surface area contributed by atoms with Crippen LogP contribution in [-0.2, 0) is 6.42 Å². The molecule has 2 amide bonds. The number of benzene rings is 2. The van der Waals surface area contributed by atoms with E-state index in [0.717, 1.165) is 38.9 Å². The highest BCUT2D eigenvalue weighted by Gasteiger charge is 2.23. The second kappa shape index (κ2) is 9.33. The summed E-state index contributed by atoms with van der Waals surface area (Å²) in [6.07, 6.45) is 3.13. The van der Waals surface area contributed by atoms with Crippen LogP contribution in [0, 0.1) is 0 Å². The Balaban J connectivity index is 1.54. The van der Waals surface area contributed by atoms with E-state index in [-0.39, 0.29) is 5.91 Å². The molecule has 142 valence electrons. The van der Waals surface area contributed by atoms with Gasteiger partial charge in [0.2, 0.25) is 5.91 Å². The molecule has 1 heterocycles. The summed E-state index contributed by atoms with van der Waals surface area (Å²) >= 11 is 0. The molecule has 5 nitrogen and oxygen atoms in total. The van der Waals surface area contributed by atoms with Crippen molar-refractivity contribution in [3.8, 4) is 0 Å². The summed E-state index contributed by atoms with van der Waals surface area (Å²) in [6, 6.07) is 17.3. The van der Waals surface area contributed by atoms with Gasteiger partial charge in [-0.05, 0) is 50.0 Å². The van der Waals surface area contributed by atoms with Crippen molar-refractivity contribution in [1.82, 2.24) is 9.80 Å². The molecule has 27 heavy (non-hydrogen) atoms. The van der Waals surface area contributed by atoms with Gasteiger partial charge >= 0.3 is 0 Å². The Labute approximate surface area is 160 Å². The number of nitrogens with two attached hydrogens (primary N) is 1. The predicted octanol–water partition coefficient (Wildman–Crippen LogP) is 2.57. The minimum absolute atomic E-state index is 0.101. The van der Waals surface area contributed by atoms with Gasteiger partial charge in [-0.15, -0.1) is 0 Å². The average molecular weight is 365 g/mol. The summed E-state index contributed by atoms with van der Waals surface area (Å²) in [7, 11) is 0. The Morgan fingerprint density at radius 1 is 0.852 bits per heavy atom. The summed E-state index contributed by atoms with van der Waals surface area (Å²) in [6.45, 7) is 4.28. The summed E-state index contributed by atoms with van der Waals surface area (Å²) < 4.78 is 0. The van der Waals surface area contributed by atoms with Gasteiger partial charge in [-0.1, -0.05) is 42.5 Å². The van der Waals surface area contributed by atoms with E-state index in [4.69, 9.17) is 5.73 Å². The summed E-state index contributed by atoms with van der Waals surface area (Å²) in [5.74, 6) is -0.660. The number of amides is 2. The van der Waals surface area contributed by atoms with Gasteiger partial charge in [0.25, 0.3) is 5.91 Å². The van der Waals surface area contributed by atoms with Gasteiger partial charge in [-0.25, -0.2) is 0 Å². The predicted molar refractivity (Wildman–Crippen MR) is 107 cm³/mol. The minimum atomic E-state index is -0.559. The van der Waals surface area contributed by atoms with Gasteiger partial charge in [0.15, 0.2) is 0 Å². The van der Waals surface area contributed by atoms with Crippen LogP contribution in [0.1, 0.15) is 39.1 Å². The molecule has 1 aliphatic rings. The lowest BCUT2D eigenvalue weighted by Crippen LogP contribution is -2.36. The first-order chi connectivity index (χ1) is 13.1. The van der Waals surface area contributed by atoms with E-state index in [9.17, 15) is 9.59 Å². The molecule has 0 unspecified atom stereocenters. The molecular weight excluding hydrogens is 338 g/mol. The monoisotopic (exact) mass is 365 g/mol. The fraction of sp³-hybridized carbons (Fsp3) is 0.364. The van der Waals surface area contributed by atoms with Crippen molar-refractivity contribution in [1.29, 1.82) is 0 Å². The molecule has 0 atom stereocenters. The largest absolute Gasteiger partial charge is 0.366 e. The lowest BCUT2D eigenvalue weighted by atomic mass is 10.1. The van der Waals surface area contributed by atoms with Crippen LogP contribution in [0.3, 0.4) is 0 Å². The van der Waals surface area contributed by atoms with E-state index in [1.165, 1.54) is 5.56 Å². The third kappa shape index (κ3) is 5.17. The molecule has 0 spiro atoms. The number of hydrogen-bond acceptors (Lipinski definition) is 3. The Morgan fingerprint density at radius 3 is 2.30 bits per heavy atom. The van der Waals surface area contributed by atoms with Crippen LogP contribution in [-0.4, -0.2) is 54.3 Å². The summed E-state index contributed by atoms with van der Waals surface area (Å²) in [5, 5.41) is 0. The van der Waals surface area contributed by atoms with Crippen LogP contribution in [0.25, 0.3) is 0 Å². The lowest BCUT2D eigenvalue weighted by Gasteiger charge is -2.22. The van der Waals surface area contributed by atoms with Crippen molar-refractivity contribution >= 4 is 11.8 Å². The number of aryl methyl sites for hydroxylation is 1. The van der Waals surface area contributed by atoms with E-state index >= 15 is 0 Å². The van der Waals surface area contributed by atoms with E-state index in [0.29, 0.717) is 24.2 Å². The molecule has 0 radical (unpaired) electrons. The van der Waals surface area contributed by atoms with Crippen LogP contribution in [0.15, 0.2) is 54.6 Å². The molecule has 2 N–H and O–H groups in total. The average Bonchev–Trinajstić information content (AvgIpc) is 2.94. The fourth-order valence-corrected chi connectivity index (χ4v) is 3.60. The maximum atomic E-state index is 12.9. The summed E-state index contributed by atoms with van der Waals surface area (Å²) in [4.78, 5) is 28.8. The van der Waals surface area contributed by atoms with E-state index in [1.807, 2.05) is 11.0 Å². The quantitative estimate of drug-likeness (QED) is 0.856. The molecule has 1 saturated heterocycles. The molecule has 1 aliphatic heterocycles. The van der Waals surface area contributed by atoms with Gasteiger partial charge in [0.1, 0.15) is 0 Å². The number of hydrogen-bond donors (Lipinski definition) is 1. The van der Waals surface area contributed by atoms with Crippen LogP contribution >= 0.6 is 0 Å². The third-order valence-electron chi connectivity index (χ3n) is 5.08. The number of carbonyl (C=O) groups is 2. The minimum Gasteiger partial charge on any atom is -0.366 e. The molecule has 0 saturated carbocycles. The van der Waals surface area contributed by atoms with Crippen molar-refractivity contribution < 1.29 is 9.59 Å². The van der Waals surface area contributed by atoms with E-state index < -0.39 is 5.91 Å². The fourth-order valence-electron chi connectivity index (χ4n) is 3.60. The molecule has 0 aliphatic carbocycles. The normalized spacial score (nSPS) is 15.3. The Bertz CT molecular complexity index is 776. The molecule has 2 aromatic carbocycles. The SMILES string of the molecule is NC(=O)c1ccccc1C(=O)N1CCCN(CCCc2ccccc2)CC1. The second-order valence-corrected chi connectivity index (χ2v) is 6.99. The van der Waals surface area contributed by atoms with Crippen molar-refractivity contribution in [2.24, 2.45) is 5.73 Å². The maximum Gasteiger partial charge on any atom is 0.254 e. The van der Waals surface area contributed by atoms with E-state index in [1.54, 1.807) is 24.3 Å². The van der Waals surface area contributed by atoms with Gasteiger partial charge < -0.3 is 15.5 Å². The van der Waals surface area contributed by atoms with Crippen LogP contribution in [0.5, 0.6) is 0 Å². The Kier molecular flexibility index (Phi) is 6.60. The van der Waals surface area contributed by atoms with Gasteiger partial charge in [-0.3, -0.25) is 9.59 Å². The summed E-state index contributed by atoms with van der Waals surface area (Å²) in [5.41, 5.74) is 7.49. The van der Waals surface area contributed by atoms with Crippen molar-refractivity contribution in [3.63, 3.8) is 0 Å². The zero-order valence-electron chi connectivity index (χ0n) is 15.6. The molecule has 1 fully saturated rings. The maximum absolute atomic E-state index is 12.9. The first kappa shape index (κ1) is 19.1. The molecule has 0 bridgehead atoms. The molecule has 0 aromatic heterocycles. The zero-order chi connectivity index (χ0) is 19.1. The van der Waals surface area contributed by atoms with Gasteiger partial charge in [0.05, 0.1) is 11.1 Å². The highest BCUT2D eigenvalue weighted by molar-refractivity contribution is 6.06. The number of primary amides is 1. The standard InChI is InChI=1S/C22H27N3O2/c23-21(26)19-11-4-5-12-20(19)22(27)25-15-7-14-24(16-17-25)13-6-10-18-8-2-1-3-9-18/h1-5,8-9,11-12H,6-7,10,13-17H2,(H2,23,26). The Morgan fingerprint density at radius 2 is 1.56 bits per heavy atom. The first-order valence-corrected chi connectivity index (χ1v) is 9.59. The molecule has 2 aromatic rings. The topological polar surface area (TPSA) is 66.6 Å². The zero-order valence-corrected chi connectivity index (χ0v) is 15.6. The number of nitrogens with zero attached hydrogens (tertiary/aromatic N) is 2. The highest BCUT2D eigenvalue weighted by Crippen LogP contribution is 2.14. The van der Waals surface area contributed by atoms with Crippen molar-refractivity contribution in [2.45, 2.75) is 19.3 Å². The van der Waals surface area contributed by atoms with Crippen LogP contribution < -0.4 is 5.73 Å². The Hall–Kier alpha value is -2.66. The van der Waals surface area contributed by atoms with Crippen molar-refractivity contribution in [3.05, 3.63) is 71.3 Å². The molecule has 5 heteroatoms.